The molecule has 0 amide bonds. The summed E-state index contributed by atoms with van der Waals surface area (Å²) in [6.07, 6.45) is 3.18. The Morgan fingerprint density at radius 1 is 0.935 bits per heavy atom. The predicted molar refractivity (Wildman–Crippen MR) is 108 cm³/mol. The summed E-state index contributed by atoms with van der Waals surface area (Å²) in [5.74, 6) is 2.78. The second-order valence-electron chi connectivity index (χ2n) is 7.65. The fourth-order valence-corrected chi connectivity index (χ4v) is 4.00. The number of carbonyl (C=O) groups excluding carboxylic acids is 1. The van der Waals surface area contributed by atoms with E-state index in [1.165, 1.54) is 17.7 Å². The molecule has 0 spiro atoms. The van der Waals surface area contributed by atoms with Crippen molar-refractivity contribution >= 4 is 11.9 Å². The fourth-order valence-electron chi connectivity index (χ4n) is 4.00. The van der Waals surface area contributed by atoms with E-state index in [1.54, 1.807) is 12.1 Å². The molecule has 0 aromatic heterocycles. The van der Waals surface area contributed by atoms with Crippen LogP contribution in [0, 0.1) is 0 Å². The smallest absolute Gasteiger partial charge is 0.231 e. The van der Waals surface area contributed by atoms with Gasteiger partial charge in [-0.2, -0.15) is 0 Å². The van der Waals surface area contributed by atoms with Crippen LogP contribution in [0.1, 0.15) is 29.9 Å². The topological polar surface area (TPSA) is 104 Å². The van der Waals surface area contributed by atoms with E-state index in [4.69, 9.17) is 28.8 Å². The highest BCUT2D eigenvalue weighted by Gasteiger charge is 2.38. The minimum atomic E-state index is -0.213. The number of carbonyl (C=O) groups is 1. The van der Waals surface area contributed by atoms with Gasteiger partial charge in [0.2, 0.25) is 12.6 Å². The van der Waals surface area contributed by atoms with Crippen LogP contribution in [-0.4, -0.2) is 48.7 Å². The van der Waals surface area contributed by atoms with Gasteiger partial charge in [-0.05, 0) is 29.8 Å². The lowest BCUT2D eigenvalue weighted by Crippen LogP contribution is -2.29. The number of fused-ring (bicyclic) bond motifs is 4. The van der Waals surface area contributed by atoms with Crippen LogP contribution in [0.4, 0.5) is 0 Å². The van der Waals surface area contributed by atoms with Gasteiger partial charge in [0.25, 0.3) is 0 Å². The fraction of sp³-hybridized carbons (Fsp3) is 0.348. The maximum Gasteiger partial charge on any atom is 0.231 e. The average molecular weight is 426 g/mol. The van der Waals surface area contributed by atoms with Gasteiger partial charge in [-0.15, -0.1) is 0 Å². The number of hydrogen-bond acceptors (Lipinski definition) is 8. The molecule has 2 atom stereocenters. The van der Waals surface area contributed by atoms with Gasteiger partial charge < -0.3 is 33.9 Å². The van der Waals surface area contributed by atoms with Crippen LogP contribution in [0.25, 0.3) is 6.08 Å². The standard InChI is InChI=1S/C12H12O4.C11H10O4/c1-2-13-5-8-7-3-11-12(15-6-14-11)4-10(7)16-9(1)8;12-8-2-1-7(5-10(8)14)6-11-9(13)3-4-15-11/h3-4,8-9H,1-2,5-6H2;1-2,5-6,12,14H,3-4H2/b;11-6-. The normalized spacial score (nSPS) is 24.0. The summed E-state index contributed by atoms with van der Waals surface area (Å²) in [4.78, 5) is 11.2. The van der Waals surface area contributed by atoms with E-state index in [0.717, 1.165) is 36.9 Å². The first kappa shape index (κ1) is 19.6. The molecule has 2 N–H and O–H groups in total. The molecular weight excluding hydrogens is 404 g/mol. The molecule has 0 saturated carbocycles. The van der Waals surface area contributed by atoms with Crippen LogP contribution in [0.5, 0.6) is 28.7 Å². The molecule has 6 rings (SSSR count). The van der Waals surface area contributed by atoms with Crippen LogP contribution >= 0.6 is 0 Å². The quantitative estimate of drug-likeness (QED) is 0.530. The number of allylic oxidation sites excluding steroid dienone is 1. The Bertz CT molecular complexity index is 1040. The molecule has 0 bridgehead atoms. The number of ketones is 1. The number of benzene rings is 2. The highest BCUT2D eigenvalue weighted by Crippen LogP contribution is 2.47. The zero-order chi connectivity index (χ0) is 21.4. The molecule has 4 heterocycles. The van der Waals surface area contributed by atoms with E-state index in [1.807, 2.05) is 12.1 Å². The Hall–Kier alpha value is -3.39. The molecule has 2 aromatic carbocycles. The molecular formula is C23H22O8. The van der Waals surface area contributed by atoms with E-state index in [-0.39, 0.29) is 23.4 Å². The monoisotopic (exact) mass is 426 g/mol. The number of phenolic OH excluding ortho intramolecular Hbond substituents is 2. The van der Waals surface area contributed by atoms with Crippen molar-refractivity contribution in [2.45, 2.75) is 24.9 Å². The molecule has 4 aliphatic heterocycles. The van der Waals surface area contributed by atoms with Gasteiger partial charge in [-0.3, -0.25) is 4.79 Å². The van der Waals surface area contributed by atoms with Crippen LogP contribution in [0.3, 0.4) is 0 Å². The summed E-state index contributed by atoms with van der Waals surface area (Å²) < 4.78 is 27.3. The number of Topliss-reactive ketones (excluding diaryl/α,β-unsaturated/α-hetero) is 1. The van der Waals surface area contributed by atoms with Gasteiger partial charge in [0, 0.05) is 30.4 Å². The van der Waals surface area contributed by atoms with Crippen molar-refractivity contribution < 1.29 is 38.7 Å². The molecule has 0 radical (unpaired) electrons. The summed E-state index contributed by atoms with van der Waals surface area (Å²) in [5, 5.41) is 18.3. The molecule has 31 heavy (non-hydrogen) atoms. The Labute approximate surface area is 178 Å². The van der Waals surface area contributed by atoms with Gasteiger partial charge in [0.05, 0.1) is 19.8 Å². The molecule has 0 aliphatic carbocycles. The van der Waals surface area contributed by atoms with Crippen molar-refractivity contribution in [3.8, 4) is 28.7 Å². The molecule has 2 fully saturated rings. The Balaban J connectivity index is 0.000000132. The van der Waals surface area contributed by atoms with E-state index >= 15 is 0 Å². The predicted octanol–water partition coefficient (Wildman–Crippen LogP) is 3.11. The molecule has 4 aliphatic rings. The van der Waals surface area contributed by atoms with E-state index in [2.05, 4.69) is 0 Å². The number of rotatable bonds is 1. The van der Waals surface area contributed by atoms with Crippen molar-refractivity contribution in [2.75, 3.05) is 26.6 Å². The van der Waals surface area contributed by atoms with Crippen molar-refractivity contribution in [1.82, 2.24) is 0 Å². The lowest BCUT2D eigenvalue weighted by molar-refractivity contribution is -0.114. The summed E-state index contributed by atoms with van der Waals surface area (Å²) in [5.41, 5.74) is 1.82. The van der Waals surface area contributed by atoms with Gasteiger partial charge >= 0.3 is 0 Å². The van der Waals surface area contributed by atoms with Crippen LogP contribution in [0.15, 0.2) is 36.1 Å². The first-order valence-corrected chi connectivity index (χ1v) is 10.2. The second-order valence-corrected chi connectivity index (χ2v) is 7.65. The zero-order valence-electron chi connectivity index (χ0n) is 16.7. The van der Waals surface area contributed by atoms with Crippen molar-refractivity contribution in [1.29, 1.82) is 0 Å². The van der Waals surface area contributed by atoms with Crippen molar-refractivity contribution in [2.24, 2.45) is 0 Å². The summed E-state index contributed by atoms with van der Waals surface area (Å²) >= 11 is 0. The highest BCUT2D eigenvalue weighted by atomic mass is 16.7. The summed E-state index contributed by atoms with van der Waals surface area (Å²) in [6, 6.07) is 8.31. The first-order chi connectivity index (χ1) is 15.1. The Morgan fingerprint density at radius 2 is 1.77 bits per heavy atom. The Morgan fingerprint density at radius 3 is 2.55 bits per heavy atom. The zero-order valence-corrected chi connectivity index (χ0v) is 16.7. The van der Waals surface area contributed by atoms with Gasteiger partial charge in [-0.1, -0.05) is 6.07 Å². The van der Waals surface area contributed by atoms with Crippen LogP contribution in [-0.2, 0) is 14.3 Å². The van der Waals surface area contributed by atoms with Gasteiger partial charge in [0.1, 0.15) is 11.9 Å². The molecule has 2 aromatic rings. The van der Waals surface area contributed by atoms with E-state index < -0.39 is 0 Å². The minimum Gasteiger partial charge on any atom is -0.504 e. The van der Waals surface area contributed by atoms with Crippen LogP contribution in [0.2, 0.25) is 0 Å². The SMILES string of the molecule is O=C1CCO/C1=C\c1ccc(O)c(O)c1.c1c2c(cc3c1OC1CCOCC31)OCO2. The average Bonchev–Trinajstić information content (AvgIpc) is 3.48. The number of ether oxygens (including phenoxy) is 5. The molecule has 8 heteroatoms. The highest BCUT2D eigenvalue weighted by molar-refractivity contribution is 5.99. The van der Waals surface area contributed by atoms with Crippen molar-refractivity contribution in [3.05, 3.63) is 47.2 Å². The number of hydrogen-bond donors (Lipinski definition) is 2. The maximum atomic E-state index is 11.2. The molecule has 162 valence electrons. The maximum absolute atomic E-state index is 11.2. The summed E-state index contributed by atoms with van der Waals surface area (Å²) in [6.45, 7) is 2.26. The third-order valence-corrected chi connectivity index (χ3v) is 5.63. The molecule has 8 nitrogen and oxygen atoms in total. The lowest BCUT2D eigenvalue weighted by Gasteiger charge is -2.24. The lowest BCUT2D eigenvalue weighted by atomic mass is 9.93. The van der Waals surface area contributed by atoms with E-state index in [9.17, 15) is 9.90 Å². The number of aromatic hydroxyl groups is 2. The number of phenols is 2. The first-order valence-electron chi connectivity index (χ1n) is 10.2. The third-order valence-electron chi connectivity index (χ3n) is 5.63. The minimum absolute atomic E-state index is 0.0393. The summed E-state index contributed by atoms with van der Waals surface area (Å²) in [7, 11) is 0. The molecule has 2 saturated heterocycles. The second kappa shape index (κ2) is 8.03. The van der Waals surface area contributed by atoms with E-state index in [0.29, 0.717) is 37.1 Å². The van der Waals surface area contributed by atoms with Gasteiger partial charge in [0.15, 0.2) is 28.8 Å². The van der Waals surface area contributed by atoms with Crippen molar-refractivity contribution in [3.63, 3.8) is 0 Å². The largest absolute Gasteiger partial charge is 0.504 e. The van der Waals surface area contributed by atoms with Gasteiger partial charge in [-0.25, -0.2) is 0 Å². The third kappa shape index (κ3) is 3.86. The van der Waals surface area contributed by atoms with Crippen LogP contribution < -0.4 is 14.2 Å². The Kier molecular flexibility index (Phi) is 5.07. The molecule has 2 unspecified atom stereocenters.